The van der Waals surface area contributed by atoms with E-state index in [0.29, 0.717) is 19.1 Å². The molecule has 1 aliphatic carbocycles. The Morgan fingerprint density at radius 2 is 2.03 bits per heavy atom. The Kier molecular flexibility index (Phi) is 7.61. The molecular weight excluding hydrogens is 368 g/mol. The van der Waals surface area contributed by atoms with Crippen LogP contribution in [0, 0.1) is 5.92 Å². The fourth-order valence-corrected chi connectivity index (χ4v) is 4.18. The Labute approximate surface area is 173 Å². The zero-order valence-electron chi connectivity index (χ0n) is 17.9. The van der Waals surface area contributed by atoms with E-state index in [4.69, 9.17) is 9.47 Å². The zero-order chi connectivity index (χ0) is 20.6. The highest BCUT2D eigenvalue weighted by atomic mass is 16.5. The van der Waals surface area contributed by atoms with Gasteiger partial charge in [0.05, 0.1) is 13.7 Å². The van der Waals surface area contributed by atoms with E-state index in [-0.39, 0.29) is 12.0 Å². The molecule has 0 radical (unpaired) electrons. The summed E-state index contributed by atoms with van der Waals surface area (Å²) in [7, 11) is 3.41. The Hall–Kier alpha value is -2.44. The standard InChI is InChI=1S/C22H34N4O3/c1-4-29-20-13-16(9-10-19(20)28-3)14-24-22(23-2)25-18-11-12-26(15-18)21(27)17-7-5-6-8-17/h9-10,13,17-18H,4-8,11-12,14-15H2,1-3H3,(H2,23,24,25). The van der Waals surface area contributed by atoms with Crippen molar-refractivity contribution in [2.75, 3.05) is 33.9 Å². The quantitative estimate of drug-likeness (QED) is 0.542. The molecule has 3 rings (SSSR count). The van der Waals surface area contributed by atoms with Gasteiger partial charge in [-0.1, -0.05) is 18.9 Å². The number of amides is 1. The minimum atomic E-state index is 0.237. The molecule has 29 heavy (non-hydrogen) atoms. The van der Waals surface area contributed by atoms with Crippen molar-refractivity contribution in [1.82, 2.24) is 15.5 Å². The molecule has 2 N–H and O–H groups in total. The number of hydrogen-bond acceptors (Lipinski definition) is 4. The van der Waals surface area contributed by atoms with Crippen molar-refractivity contribution in [1.29, 1.82) is 0 Å². The molecule has 1 aliphatic heterocycles. The van der Waals surface area contributed by atoms with Gasteiger partial charge in [-0.3, -0.25) is 9.79 Å². The predicted molar refractivity (Wildman–Crippen MR) is 114 cm³/mol. The van der Waals surface area contributed by atoms with Gasteiger partial charge in [-0.2, -0.15) is 0 Å². The van der Waals surface area contributed by atoms with Crippen LogP contribution in [-0.4, -0.2) is 56.7 Å². The molecule has 1 saturated heterocycles. The largest absolute Gasteiger partial charge is 0.493 e. The van der Waals surface area contributed by atoms with Crippen LogP contribution in [0.5, 0.6) is 11.5 Å². The van der Waals surface area contributed by atoms with Crippen LogP contribution in [0.3, 0.4) is 0 Å². The van der Waals surface area contributed by atoms with Gasteiger partial charge in [-0.25, -0.2) is 0 Å². The highest BCUT2D eigenvalue weighted by Crippen LogP contribution is 2.29. The number of nitrogens with one attached hydrogen (secondary N) is 2. The number of ether oxygens (including phenoxy) is 2. The average Bonchev–Trinajstić information content (AvgIpc) is 3.43. The van der Waals surface area contributed by atoms with Crippen LogP contribution in [-0.2, 0) is 11.3 Å². The SMILES string of the molecule is CCOc1cc(CNC(=NC)NC2CCN(C(=O)C3CCCC3)C2)ccc1OC. The Bertz CT molecular complexity index is 716. The van der Waals surface area contributed by atoms with E-state index in [1.165, 1.54) is 12.8 Å². The van der Waals surface area contributed by atoms with Crippen molar-refractivity contribution < 1.29 is 14.3 Å². The molecular formula is C22H34N4O3. The molecule has 1 heterocycles. The highest BCUT2D eigenvalue weighted by molar-refractivity contribution is 5.81. The lowest BCUT2D eigenvalue weighted by molar-refractivity contribution is -0.134. The fraction of sp³-hybridized carbons (Fsp3) is 0.636. The molecule has 1 amide bonds. The van der Waals surface area contributed by atoms with Gasteiger partial charge in [0.25, 0.3) is 0 Å². The van der Waals surface area contributed by atoms with Crippen molar-refractivity contribution in [3.05, 3.63) is 23.8 Å². The first kappa shape index (κ1) is 21.3. The smallest absolute Gasteiger partial charge is 0.225 e. The lowest BCUT2D eigenvalue weighted by atomic mass is 10.1. The van der Waals surface area contributed by atoms with Crippen LogP contribution < -0.4 is 20.1 Å². The van der Waals surface area contributed by atoms with E-state index >= 15 is 0 Å². The number of methoxy groups -OCH3 is 1. The summed E-state index contributed by atoms with van der Waals surface area (Å²) in [5, 5.41) is 6.82. The third-order valence-electron chi connectivity index (χ3n) is 5.76. The van der Waals surface area contributed by atoms with Gasteiger partial charge in [0, 0.05) is 38.6 Å². The number of rotatable bonds is 7. The number of carbonyl (C=O) groups excluding carboxylic acids is 1. The molecule has 160 valence electrons. The van der Waals surface area contributed by atoms with Crippen LogP contribution in [0.1, 0.15) is 44.6 Å². The topological polar surface area (TPSA) is 75.2 Å². The monoisotopic (exact) mass is 402 g/mol. The highest BCUT2D eigenvalue weighted by Gasteiger charge is 2.32. The molecule has 1 unspecified atom stereocenters. The molecule has 0 spiro atoms. The second kappa shape index (κ2) is 10.4. The first-order chi connectivity index (χ1) is 14.1. The van der Waals surface area contributed by atoms with E-state index in [0.717, 1.165) is 55.4 Å². The maximum Gasteiger partial charge on any atom is 0.225 e. The minimum Gasteiger partial charge on any atom is -0.493 e. The molecule has 1 saturated carbocycles. The lowest BCUT2D eigenvalue weighted by Crippen LogP contribution is -2.45. The summed E-state index contributed by atoms with van der Waals surface area (Å²) < 4.78 is 11.0. The number of hydrogen-bond donors (Lipinski definition) is 2. The first-order valence-corrected chi connectivity index (χ1v) is 10.7. The van der Waals surface area contributed by atoms with Gasteiger partial charge in [-0.15, -0.1) is 0 Å². The maximum atomic E-state index is 12.6. The number of likely N-dealkylation sites (tertiary alicyclic amines) is 1. The van der Waals surface area contributed by atoms with Gasteiger partial charge < -0.3 is 25.0 Å². The third-order valence-corrected chi connectivity index (χ3v) is 5.76. The van der Waals surface area contributed by atoms with Crippen molar-refractivity contribution in [3.8, 4) is 11.5 Å². The van der Waals surface area contributed by atoms with Crippen molar-refractivity contribution in [3.63, 3.8) is 0 Å². The fourth-order valence-electron chi connectivity index (χ4n) is 4.18. The number of nitrogens with zero attached hydrogens (tertiary/aromatic N) is 2. The molecule has 2 aliphatic rings. The molecule has 1 aromatic carbocycles. The predicted octanol–water partition coefficient (Wildman–Crippen LogP) is 2.55. The second-order valence-electron chi connectivity index (χ2n) is 7.74. The molecule has 0 bridgehead atoms. The molecule has 7 nitrogen and oxygen atoms in total. The summed E-state index contributed by atoms with van der Waals surface area (Å²) >= 11 is 0. The van der Waals surface area contributed by atoms with E-state index in [1.807, 2.05) is 30.0 Å². The van der Waals surface area contributed by atoms with Crippen LogP contribution in [0.25, 0.3) is 0 Å². The van der Waals surface area contributed by atoms with Crippen molar-refractivity contribution in [2.45, 2.75) is 51.6 Å². The van der Waals surface area contributed by atoms with Crippen LogP contribution in [0.2, 0.25) is 0 Å². The molecule has 2 fully saturated rings. The van der Waals surface area contributed by atoms with E-state index < -0.39 is 0 Å². The summed E-state index contributed by atoms with van der Waals surface area (Å²) in [5.41, 5.74) is 1.08. The Balaban J connectivity index is 1.50. The lowest BCUT2D eigenvalue weighted by Gasteiger charge is -2.21. The molecule has 0 aromatic heterocycles. The molecule has 1 aromatic rings. The van der Waals surface area contributed by atoms with E-state index in [1.54, 1.807) is 14.2 Å². The summed E-state index contributed by atoms with van der Waals surface area (Å²) in [4.78, 5) is 19.0. The summed E-state index contributed by atoms with van der Waals surface area (Å²) in [6, 6.07) is 6.16. The first-order valence-electron chi connectivity index (χ1n) is 10.7. The number of aliphatic imine (C=N–C) groups is 1. The van der Waals surface area contributed by atoms with Crippen LogP contribution >= 0.6 is 0 Å². The van der Waals surface area contributed by atoms with Gasteiger partial charge in [0.15, 0.2) is 17.5 Å². The summed E-state index contributed by atoms with van der Waals surface area (Å²) in [6.07, 6.45) is 5.46. The molecule has 1 atom stereocenters. The normalized spacial score (nSPS) is 20.0. The number of benzene rings is 1. The number of guanidine groups is 1. The van der Waals surface area contributed by atoms with Crippen molar-refractivity contribution >= 4 is 11.9 Å². The van der Waals surface area contributed by atoms with E-state index in [2.05, 4.69) is 15.6 Å². The van der Waals surface area contributed by atoms with Gasteiger partial charge in [0.2, 0.25) is 5.91 Å². The minimum absolute atomic E-state index is 0.237. The summed E-state index contributed by atoms with van der Waals surface area (Å²) in [5.74, 6) is 2.82. The van der Waals surface area contributed by atoms with Gasteiger partial charge in [-0.05, 0) is 43.9 Å². The Morgan fingerprint density at radius 3 is 2.72 bits per heavy atom. The maximum absolute atomic E-state index is 12.6. The van der Waals surface area contributed by atoms with E-state index in [9.17, 15) is 4.79 Å². The third kappa shape index (κ3) is 5.55. The number of carbonyl (C=O) groups is 1. The Morgan fingerprint density at radius 1 is 1.24 bits per heavy atom. The van der Waals surface area contributed by atoms with Gasteiger partial charge in [0.1, 0.15) is 0 Å². The van der Waals surface area contributed by atoms with Crippen molar-refractivity contribution in [2.24, 2.45) is 10.9 Å². The zero-order valence-corrected chi connectivity index (χ0v) is 17.9. The summed E-state index contributed by atoms with van der Waals surface area (Å²) in [6.45, 7) is 4.77. The van der Waals surface area contributed by atoms with Gasteiger partial charge >= 0.3 is 0 Å². The van der Waals surface area contributed by atoms with Crippen LogP contribution in [0.4, 0.5) is 0 Å². The van der Waals surface area contributed by atoms with Crippen LogP contribution in [0.15, 0.2) is 23.2 Å². The average molecular weight is 403 g/mol. The second-order valence-corrected chi connectivity index (χ2v) is 7.74. The molecule has 7 heteroatoms.